The van der Waals surface area contributed by atoms with Gasteiger partial charge >= 0.3 is 5.97 Å². The number of aromatic nitrogens is 2. The van der Waals surface area contributed by atoms with Gasteiger partial charge in [-0.1, -0.05) is 11.6 Å². The third kappa shape index (κ3) is 5.56. The maximum Gasteiger partial charge on any atom is 0.335 e. The molecule has 0 saturated heterocycles. The van der Waals surface area contributed by atoms with Crippen LogP contribution in [0.15, 0.2) is 36.5 Å². The normalized spacial score (nSPS) is 11.2. The number of hydrogen-bond acceptors (Lipinski definition) is 7. The highest BCUT2D eigenvalue weighted by atomic mass is 35.5. The van der Waals surface area contributed by atoms with Crippen molar-refractivity contribution in [2.24, 2.45) is 0 Å². The minimum atomic E-state index is -3.84. The second-order valence-corrected chi connectivity index (χ2v) is 8.48. The molecule has 1 heterocycles. The molecule has 0 aliphatic rings. The van der Waals surface area contributed by atoms with E-state index < -0.39 is 33.4 Å². The van der Waals surface area contributed by atoms with Gasteiger partial charge in [-0.25, -0.2) is 31.4 Å². The summed E-state index contributed by atoms with van der Waals surface area (Å²) in [7, 11) is -3.84. The van der Waals surface area contributed by atoms with Crippen LogP contribution in [0, 0.1) is 17.5 Å². The van der Waals surface area contributed by atoms with Crippen molar-refractivity contribution in [1.82, 2.24) is 9.97 Å². The minimum absolute atomic E-state index is 0.0923. The van der Waals surface area contributed by atoms with Gasteiger partial charge in [0.1, 0.15) is 10.8 Å². The third-order valence-corrected chi connectivity index (χ3v) is 4.68. The summed E-state index contributed by atoms with van der Waals surface area (Å²) in [6, 6.07) is 4.33. The van der Waals surface area contributed by atoms with Crippen LogP contribution in [0.1, 0.15) is 10.4 Å². The summed E-state index contributed by atoms with van der Waals surface area (Å²) in [5, 5.41) is 14.0. The summed E-state index contributed by atoms with van der Waals surface area (Å²) in [5.41, 5.74) is -0.986. The van der Waals surface area contributed by atoms with E-state index in [1.807, 2.05) is 4.72 Å². The number of nitrogens with one attached hydrogen (secondary N) is 3. The minimum Gasteiger partial charge on any atom is -0.478 e. The van der Waals surface area contributed by atoms with Crippen molar-refractivity contribution in [3.63, 3.8) is 0 Å². The Morgan fingerprint density at radius 3 is 2.28 bits per heavy atom. The van der Waals surface area contributed by atoms with Gasteiger partial charge in [0.2, 0.25) is 16.0 Å². The summed E-state index contributed by atoms with van der Waals surface area (Å²) in [4.78, 5) is 18.9. The first-order chi connectivity index (χ1) is 14.9. The Morgan fingerprint density at radius 2 is 1.66 bits per heavy atom. The van der Waals surface area contributed by atoms with Crippen LogP contribution in [0.3, 0.4) is 0 Å². The zero-order valence-corrected chi connectivity index (χ0v) is 17.5. The van der Waals surface area contributed by atoms with Crippen molar-refractivity contribution in [1.29, 1.82) is 0 Å². The van der Waals surface area contributed by atoms with Crippen LogP contribution in [0.2, 0.25) is 5.02 Å². The van der Waals surface area contributed by atoms with E-state index in [1.165, 1.54) is 0 Å². The topological polar surface area (TPSA) is 133 Å². The second-order valence-electron chi connectivity index (χ2n) is 6.33. The van der Waals surface area contributed by atoms with Crippen LogP contribution >= 0.6 is 11.6 Å². The summed E-state index contributed by atoms with van der Waals surface area (Å²) < 4.78 is 66.5. The highest BCUT2D eigenvalue weighted by Gasteiger charge is 2.16. The van der Waals surface area contributed by atoms with Crippen molar-refractivity contribution in [2.45, 2.75) is 0 Å². The Balaban J connectivity index is 1.97. The number of anilines is 5. The maximum absolute atomic E-state index is 14.0. The predicted octanol–water partition coefficient (Wildman–Crippen LogP) is 4.10. The van der Waals surface area contributed by atoms with E-state index >= 15 is 0 Å². The molecule has 0 aliphatic heterocycles. The average Bonchev–Trinajstić information content (AvgIpc) is 2.68. The maximum atomic E-state index is 14.0. The Morgan fingerprint density at radius 1 is 1.00 bits per heavy atom. The summed E-state index contributed by atoms with van der Waals surface area (Å²) in [5.74, 6) is -5.03. The van der Waals surface area contributed by atoms with Crippen LogP contribution in [0.4, 0.5) is 42.0 Å². The highest BCUT2D eigenvalue weighted by Crippen LogP contribution is 2.32. The van der Waals surface area contributed by atoms with Gasteiger partial charge in [0.05, 0.1) is 35.1 Å². The molecule has 3 aromatic rings. The van der Waals surface area contributed by atoms with Gasteiger partial charge in [-0.3, -0.25) is 4.72 Å². The smallest absolute Gasteiger partial charge is 0.335 e. The second kappa shape index (κ2) is 8.88. The number of sulfonamides is 1. The Labute approximate surface area is 184 Å². The lowest BCUT2D eigenvalue weighted by molar-refractivity contribution is 0.0697. The quantitative estimate of drug-likeness (QED) is 0.391. The van der Waals surface area contributed by atoms with Gasteiger partial charge in [0.15, 0.2) is 17.5 Å². The van der Waals surface area contributed by atoms with E-state index in [2.05, 4.69) is 20.6 Å². The number of rotatable bonds is 7. The molecule has 0 aliphatic carbocycles. The first kappa shape index (κ1) is 23.1. The molecule has 0 amide bonds. The summed E-state index contributed by atoms with van der Waals surface area (Å²) in [6.45, 7) is 0. The molecule has 0 unspecified atom stereocenters. The fourth-order valence-electron chi connectivity index (χ4n) is 2.45. The molecule has 2 aromatic carbocycles. The molecule has 1 aromatic heterocycles. The molecular formula is C18H13ClF3N5O4S. The van der Waals surface area contributed by atoms with E-state index in [4.69, 9.17) is 16.7 Å². The van der Waals surface area contributed by atoms with Gasteiger partial charge in [-0.2, -0.15) is 4.98 Å². The van der Waals surface area contributed by atoms with Gasteiger partial charge in [-0.15, -0.1) is 0 Å². The van der Waals surface area contributed by atoms with Gasteiger partial charge in [-0.05, 0) is 18.2 Å². The van der Waals surface area contributed by atoms with E-state index in [1.54, 1.807) is 0 Å². The molecule has 9 nitrogen and oxygen atoms in total. The molecule has 4 N–H and O–H groups in total. The lowest BCUT2D eigenvalue weighted by Crippen LogP contribution is -2.12. The number of carboxylic acids is 1. The summed E-state index contributed by atoms with van der Waals surface area (Å²) in [6.07, 6.45) is 1.92. The van der Waals surface area contributed by atoms with Crippen LogP contribution in [0.25, 0.3) is 0 Å². The van der Waals surface area contributed by atoms with Gasteiger partial charge in [0, 0.05) is 12.1 Å². The van der Waals surface area contributed by atoms with Crippen LogP contribution < -0.4 is 15.4 Å². The fourth-order valence-corrected chi connectivity index (χ4v) is 3.16. The van der Waals surface area contributed by atoms with Gasteiger partial charge < -0.3 is 15.7 Å². The molecular weight excluding hydrogens is 475 g/mol. The zero-order valence-electron chi connectivity index (χ0n) is 16.0. The molecule has 3 rings (SSSR count). The third-order valence-electron chi connectivity index (χ3n) is 3.81. The van der Waals surface area contributed by atoms with Crippen LogP contribution in [0.5, 0.6) is 0 Å². The molecule has 14 heteroatoms. The molecule has 0 saturated carbocycles. The number of carboxylic acid groups (broad SMARTS) is 1. The number of halogens is 4. The predicted molar refractivity (Wildman–Crippen MR) is 112 cm³/mol. The average molecular weight is 488 g/mol. The van der Waals surface area contributed by atoms with Crippen molar-refractivity contribution in [3.8, 4) is 0 Å². The fraction of sp³-hybridized carbons (Fsp3) is 0.0556. The number of carbonyl (C=O) groups is 1. The Hall–Kier alpha value is -3.58. The van der Waals surface area contributed by atoms with E-state index in [9.17, 15) is 26.4 Å². The van der Waals surface area contributed by atoms with Crippen molar-refractivity contribution in [3.05, 3.63) is 64.6 Å². The monoisotopic (exact) mass is 487 g/mol. The Bertz CT molecular complexity index is 1320. The lowest BCUT2D eigenvalue weighted by atomic mass is 10.2. The SMILES string of the molecule is CS(=O)(=O)Nc1cc(F)c(F)cc1Nc1nc(Nc2cc(C(=O)O)ccc2F)ncc1Cl. The first-order valence-electron chi connectivity index (χ1n) is 8.49. The largest absolute Gasteiger partial charge is 0.478 e. The number of hydrogen-bond donors (Lipinski definition) is 4. The first-order valence-corrected chi connectivity index (χ1v) is 10.8. The highest BCUT2D eigenvalue weighted by molar-refractivity contribution is 7.92. The van der Waals surface area contributed by atoms with E-state index in [-0.39, 0.29) is 39.4 Å². The van der Waals surface area contributed by atoms with Crippen LogP contribution in [-0.2, 0) is 10.0 Å². The van der Waals surface area contributed by atoms with E-state index in [0.717, 1.165) is 30.7 Å². The standard InChI is InChI=1S/C18H13ClF3N5O4S/c1-32(30,31)27-15-6-12(22)11(21)5-14(15)24-16-9(19)7-23-18(26-16)25-13-4-8(17(28)29)2-3-10(13)20/h2-7,27H,1H3,(H,28,29)(H2,23,24,25,26). The van der Waals surface area contributed by atoms with Crippen molar-refractivity contribution in [2.75, 3.05) is 21.6 Å². The molecule has 0 radical (unpaired) electrons. The lowest BCUT2D eigenvalue weighted by Gasteiger charge is -2.15. The number of nitrogens with zero attached hydrogens (tertiary/aromatic N) is 2. The van der Waals surface area contributed by atoms with Crippen molar-refractivity contribution < 1.29 is 31.5 Å². The molecule has 0 spiro atoms. The van der Waals surface area contributed by atoms with E-state index in [0.29, 0.717) is 12.1 Å². The summed E-state index contributed by atoms with van der Waals surface area (Å²) >= 11 is 6.03. The van der Waals surface area contributed by atoms with Crippen molar-refractivity contribution >= 4 is 56.4 Å². The molecule has 0 atom stereocenters. The number of aromatic carboxylic acids is 1. The van der Waals surface area contributed by atoms with Gasteiger partial charge in [0.25, 0.3) is 0 Å². The number of benzene rings is 2. The Kier molecular flexibility index (Phi) is 6.41. The molecule has 32 heavy (non-hydrogen) atoms. The molecule has 0 bridgehead atoms. The van der Waals surface area contributed by atoms with Crippen LogP contribution in [-0.4, -0.2) is 35.7 Å². The molecule has 0 fully saturated rings. The zero-order chi connectivity index (χ0) is 23.6. The molecule has 168 valence electrons.